The van der Waals surface area contributed by atoms with Gasteiger partial charge in [-0.15, -0.1) is 0 Å². The molecule has 0 radical (unpaired) electrons. The third kappa shape index (κ3) is 5.76. The molecule has 9 heavy (non-hydrogen) atoms. The molecule has 0 aromatic rings. The molecule has 0 bridgehead atoms. The molecule has 0 heterocycles. The van der Waals surface area contributed by atoms with Gasteiger partial charge < -0.3 is 5.73 Å². The monoisotopic (exact) mass is 131 g/mol. The second kappa shape index (κ2) is 4.73. The highest BCUT2D eigenvalue weighted by Gasteiger charge is 2.02. The molecule has 0 aliphatic rings. The highest BCUT2D eigenvalue weighted by molar-refractivity contribution is 4.63. The third-order valence-corrected chi connectivity index (χ3v) is 1.15. The summed E-state index contributed by atoms with van der Waals surface area (Å²) in [7, 11) is 0. The highest BCUT2D eigenvalue weighted by atomic mass is 15.2. The van der Waals surface area contributed by atoms with E-state index in [0.717, 1.165) is 6.42 Å². The number of nitrogens with two attached hydrogens (primary N) is 2. The van der Waals surface area contributed by atoms with Crippen LogP contribution >= 0.6 is 0 Å². The van der Waals surface area contributed by atoms with Crippen LogP contribution in [0, 0.1) is 5.92 Å². The first kappa shape index (κ1) is 8.88. The Morgan fingerprint density at radius 1 is 1.44 bits per heavy atom. The summed E-state index contributed by atoms with van der Waals surface area (Å²) in [6.45, 7) is 5.00. The maximum atomic E-state index is 5.64. The topological polar surface area (TPSA) is 64.1 Å². The second-order valence-corrected chi connectivity index (χ2v) is 2.80. The van der Waals surface area contributed by atoms with E-state index < -0.39 is 0 Å². The van der Waals surface area contributed by atoms with Crippen molar-refractivity contribution in [1.82, 2.24) is 5.43 Å². The third-order valence-electron chi connectivity index (χ3n) is 1.15. The molecular formula is C6H17N3. The molecule has 0 fully saturated rings. The minimum absolute atomic E-state index is 0.204. The van der Waals surface area contributed by atoms with E-state index in [1.54, 1.807) is 0 Å². The summed E-state index contributed by atoms with van der Waals surface area (Å²) in [5.41, 5.74) is 8.19. The van der Waals surface area contributed by atoms with Crippen molar-refractivity contribution in [3.8, 4) is 0 Å². The summed E-state index contributed by atoms with van der Waals surface area (Å²) in [5, 5.41) is 0. The smallest absolute Gasteiger partial charge is 0.0249 e. The summed E-state index contributed by atoms with van der Waals surface area (Å²) in [6.07, 6.45) is 1.03. The van der Waals surface area contributed by atoms with E-state index >= 15 is 0 Å². The second-order valence-electron chi connectivity index (χ2n) is 2.80. The summed E-state index contributed by atoms with van der Waals surface area (Å²) >= 11 is 0. The molecule has 1 unspecified atom stereocenters. The summed E-state index contributed by atoms with van der Waals surface area (Å²) in [4.78, 5) is 0. The average Bonchev–Trinajstić information content (AvgIpc) is 1.63. The van der Waals surface area contributed by atoms with Gasteiger partial charge in [0.15, 0.2) is 0 Å². The van der Waals surface area contributed by atoms with Gasteiger partial charge >= 0.3 is 0 Å². The van der Waals surface area contributed by atoms with E-state index in [4.69, 9.17) is 11.6 Å². The first-order valence-electron chi connectivity index (χ1n) is 3.36. The molecule has 0 spiro atoms. The van der Waals surface area contributed by atoms with Gasteiger partial charge in [0.1, 0.15) is 0 Å². The van der Waals surface area contributed by atoms with Crippen LogP contribution in [0.4, 0.5) is 0 Å². The van der Waals surface area contributed by atoms with Crippen LogP contribution in [0.1, 0.15) is 20.3 Å². The SMILES string of the molecule is CC(C)CC(N)CNN. The van der Waals surface area contributed by atoms with Crippen molar-refractivity contribution in [2.45, 2.75) is 26.3 Å². The van der Waals surface area contributed by atoms with Gasteiger partial charge in [-0.1, -0.05) is 13.8 Å². The normalized spacial score (nSPS) is 14.3. The van der Waals surface area contributed by atoms with E-state index in [-0.39, 0.29) is 6.04 Å². The molecule has 3 heteroatoms. The van der Waals surface area contributed by atoms with E-state index in [0.29, 0.717) is 12.5 Å². The van der Waals surface area contributed by atoms with Gasteiger partial charge in [0.05, 0.1) is 0 Å². The standard InChI is InChI=1S/C6H17N3/c1-5(2)3-6(7)4-9-8/h5-6,9H,3-4,7-8H2,1-2H3. The molecule has 0 aliphatic heterocycles. The minimum Gasteiger partial charge on any atom is -0.326 e. The molecule has 0 aliphatic carbocycles. The molecule has 5 N–H and O–H groups in total. The van der Waals surface area contributed by atoms with Crippen LogP contribution in [0.25, 0.3) is 0 Å². The lowest BCUT2D eigenvalue weighted by atomic mass is 10.1. The van der Waals surface area contributed by atoms with E-state index in [2.05, 4.69) is 19.3 Å². The van der Waals surface area contributed by atoms with Crippen LogP contribution in [-0.4, -0.2) is 12.6 Å². The Morgan fingerprint density at radius 2 is 2.00 bits per heavy atom. The largest absolute Gasteiger partial charge is 0.326 e. The molecule has 0 rings (SSSR count). The van der Waals surface area contributed by atoms with E-state index in [1.165, 1.54) is 0 Å². The van der Waals surface area contributed by atoms with Crippen LogP contribution < -0.4 is 17.0 Å². The fourth-order valence-electron chi connectivity index (χ4n) is 0.840. The van der Waals surface area contributed by atoms with Gasteiger partial charge in [0, 0.05) is 12.6 Å². The Bertz CT molecular complexity index is 63.3. The number of hydrazine groups is 1. The van der Waals surface area contributed by atoms with Crippen LogP contribution in [-0.2, 0) is 0 Å². The first-order chi connectivity index (χ1) is 4.16. The molecule has 3 nitrogen and oxygen atoms in total. The Balaban J connectivity index is 3.15. The zero-order valence-corrected chi connectivity index (χ0v) is 6.22. The maximum absolute atomic E-state index is 5.64. The van der Waals surface area contributed by atoms with E-state index in [1.807, 2.05) is 0 Å². The van der Waals surface area contributed by atoms with Crippen molar-refractivity contribution in [2.24, 2.45) is 17.5 Å². The lowest BCUT2D eigenvalue weighted by molar-refractivity contribution is 0.472. The first-order valence-corrected chi connectivity index (χ1v) is 3.36. The zero-order valence-electron chi connectivity index (χ0n) is 6.22. The molecule has 56 valence electrons. The van der Waals surface area contributed by atoms with Crippen molar-refractivity contribution in [3.63, 3.8) is 0 Å². The summed E-state index contributed by atoms with van der Waals surface area (Å²) in [5.74, 6) is 5.74. The van der Waals surface area contributed by atoms with Gasteiger partial charge in [-0.05, 0) is 12.3 Å². The quantitative estimate of drug-likeness (QED) is 0.366. The number of hydrogen-bond donors (Lipinski definition) is 3. The summed E-state index contributed by atoms with van der Waals surface area (Å²) in [6, 6.07) is 0.204. The van der Waals surface area contributed by atoms with Crippen molar-refractivity contribution in [3.05, 3.63) is 0 Å². The number of nitrogens with one attached hydrogen (secondary N) is 1. The highest BCUT2D eigenvalue weighted by Crippen LogP contribution is 2.00. The van der Waals surface area contributed by atoms with Crippen molar-refractivity contribution >= 4 is 0 Å². The van der Waals surface area contributed by atoms with Crippen LogP contribution in [0.3, 0.4) is 0 Å². The van der Waals surface area contributed by atoms with Crippen molar-refractivity contribution < 1.29 is 0 Å². The molecule has 0 aromatic carbocycles. The molecule has 0 aromatic heterocycles. The predicted octanol–water partition coefficient (Wildman–Crippen LogP) is -0.177. The van der Waals surface area contributed by atoms with Gasteiger partial charge in [0.2, 0.25) is 0 Å². The summed E-state index contributed by atoms with van der Waals surface area (Å²) < 4.78 is 0. The van der Waals surface area contributed by atoms with Gasteiger partial charge in [0.25, 0.3) is 0 Å². The van der Waals surface area contributed by atoms with E-state index in [9.17, 15) is 0 Å². The zero-order chi connectivity index (χ0) is 7.28. The number of rotatable bonds is 4. The van der Waals surface area contributed by atoms with Crippen molar-refractivity contribution in [2.75, 3.05) is 6.54 Å². The Morgan fingerprint density at radius 3 is 2.33 bits per heavy atom. The average molecular weight is 131 g/mol. The molecule has 1 atom stereocenters. The van der Waals surface area contributed by atoms with Gasteiger partial charge in [-0.3, -0.25) is 11.3 Å². The molecule has 0 amide bonds. The fraction of sp³-hybridized carbons (Fsp3) is 1.00. The lowest BCUT2D eigenvalue weighted by Gasteiger charge is -2.12. The minimum atomic E-state index is 0.204. The molecule has 0 saturated heterocycles. The van der Waals surface area contributed by atoms with Crippen LogP contribution in [0.15, 0.2) is 0 Å². The Labute approximate surface area is 56.8 Å². The Kier molecular flexibility index (Phi) is 4.67. The predicted molar refractivity (Wildman–Crippen MR) is 39.6 cm³/mol. The van der Waals surface area contributed by atoms with Crippen LogP contribution in [0.5, 0.6) is 0 Å². The number of hydrogen-bond acceptors (Lipinski definition) is 3. The van der Waals surface area contributed by atoms with Gasteiger partial charge in [-0.2, -0.15) is 0 Å². The van der Waals surface area contributed by atoms with Crippen molar-refractivity contribution in [1.29, 1.82) is 0 Å². The Hall–Kier alpha value is -0.120. The maximum Gasteiger partial charge on any atom is 0.0249 e. The van der Waals surface area contributed by atoms with Crippen LogP contribution in [0.2, 0.25) is 0 Å². The fourth-order valence-corrected chi connectivity index (χ4v) is 0.840. The molecular weight excluding hydrogens is 114 g/mol. The molecule has 0 saturated carbocycles. The lowest BCUT2D eigenvalue weighted by Crippen LogP contribution is -2.38. The van der Waals surface area contributed by atoms with Gasteiger partial charge in [-0.25, -0.2) is 0 Å².